The summed E-state index contributed by atoms with van der Waals surface area (Å²) in [7, 11) is 0. The summed E-state index contributed by atoms with van der Waals surface area (Å²) < 4.78 is 5.63. The smallest absolute Gasteiger partial charge is 0.339 e. The lowest BCUT2D eigenvalue weighted by Gasteiger charge is -2.28. The Bertz CT molecular complexity index is 447. The van der Waals surface area contributed by atoms with Crippen molar-refractivity contribution in [2.24, 2.45) is 0 Å². The summed E-state index contributed by atoms with van der Waals surface area (Å²) >= 11 is 5.84. The first kappa shape index (κ1) is 13.2. The number of hydrogen-bond acceptors (Lipinski definition) is 3. The second kappa shape index (κ2) is 5.59. The lowest BCUT2D eigenvalue weighted by Crippen LogP contribution is -2.35. The molecular formula is C13H15ClO4. The molecule has 2 N–H and O–H groups in total. The molecule has 1 aliphatic rings. The highest BCUT2D eigenvalue weighted by Crippen LogP contribution is 2.28. The highest BCUT2D eigenvalue weighted by Gasteiger charge is 2.26. The predicted octanol–water partition coefficient (Wildman–Crippen LogP) is 2.72. The van der Waals surface area contributed by atoms with Gasteiger partial charge in [-0.2, -0.15) is 0 Å². The third kappa shape index (κ3) is 2.94. The monoisotopic (exact) mass is 270 g/mol. The van der Waals surface area contributed by atoms with E-state index < -0.39 is 12.1 Å². The van der Waals surface area contributed by atoms with Gasteiger partial charge in [-0.05, 0) is 37.5 Å². The van der Waals surface area contributed by atoms with Crippen LogP contribution in [0, 0.1) is 0 Å². The minimum atomic E-state index is -1.06. The van der Waals surface area contributed by atoms with Crippen LogP contribution in [0.25, 0.3) is 0 Å². The van der Waals surface area contributed by atoms with Gasteiger partial charge in [-0.3, -0.25) is 0 Å². The van der Waals surface area contributed by atoms with Crippen molar-refractivity contribution in [2.45, 2.75) is 37.9 Å². The molecule has 2 unspecified atom stereocenters. The summed E-state index contributed by atoms with van der Waals surface area (Å²) in [6.45, 7) is 0. The van der Waals surface area contributed by atoms with Gasteiger partial charge in [-0.25, -0.2) is 4.79 Å². The molecule has 5 heteroatoms. The molecule has 0 radical (unpaired) electrons. The zero-order valence-electron chi connectivity index (χ0n) is 9.80. The molecule has 0 aliphatic heterocycles. The van der Waals surface area contributed by atoms with Crippen molar-refractivity contribution in [1.82, 2.24) is 0 Å². The molecular weight excluding hydrogens is 256 g/mol. The molecule has 0 saturated heterocycles. The Morgan fingerprint density at radius 1 is 1.33 bits per heavy atom. The zero-order valence-corrected chi connectivity index (χ0v) is 10.6. The van der Waals surface area contributed by atoms with E-state index in [0.717, 1.165) is 19.3 Å². The van der Waals surface area contributed by atoms with E-state index in [1.54, 1.807) is 0 Å². The summed E-state index contributed by atoms with van der Waals surface area (Å²) in [5, 5.41) is 19.3. The lowest BCUT2D eigenvalue weighted by molar-refractivity contribution is 0.00606. The molecule has 0 spiro atoms. The van der Waals surface area contributed by atoms with Crippen LogP contribution in [0.3, 0.4) is 0 Å². The first-order valence-corrected chi connectivity index (χ1v) is 6.33. The molecule has 1 aromatic rings. The van der Waals surface area contributed by atoms with Crippen molar-refractivity contribution < 1.29 is 19.7 Å². The van der Waals surface area contributed by atoms with Gasteiger partial charge in [0.25, 0.3) is 0 Å². The number of halogens is 1. The van der Waals surface area contributed by atoms with Crippen LogP contribution in [0.5, 0.6) is 5.75 Å². The third-order valence-corrected chi connectivity index (χ3v) is 3.36. The fraction of sp³-hybridized carbons (Fsp3) is 0.462. The van der Waals surface area contributed by atoms with E-state index in [0.29, 0.717) is 11.4 Å². The van der Waals surface area contributed by atoms with Gasteiger partial charge in [0.1, 0.15) is 17.4 Å². The standard InChI is InChI=1S/C13H15ClO4/c14-8-5-6-9(13(16)17)12(7-8)18-11-4-2-1-3-10(11)15/h5-7,10-11,15H,1-4H2,(H,16,17). The summed E-state index contributed by atoms with van der Waals surface area (Å²) in [6.07, 6.45) is 2.47. The molecule has 0 amide bonds. The number of rotatable bonds is 3. The maximum atomic E-state index is 11.1. The average molecular weight is 271 g/mol. The fourth-order valence-electron chi connectivity index (χ4n) is 2.15. The molecule has 0 bridgehead atoms. The number of aliphatic hydroxyl groups excluding tert-OH is 1. The van der Waals surface area contributed by atoms with Crippen molar-refractivity contribution in [2.75, 3.05) is 0 Å². The van der Waals surface area contributed by atoms with Gasteiger partial charge >= 0.3 is 5.97 Å². The van der Waals surface area contributed by atoms with Crippen LogP contribution >= 0.6 is 11.6 Å². The minimum absolute atomic E-state index is 0.0668. The Morgan fingerprint density at radius 2 is 2.06 bits per heavy atom. The summed E-state index contributed by atoms with van der Waals surface area (Å²) in [5.74, 6) is -0.840. The van der Waals surface area contributed by atoms with Crippen LogP contribution in [0.15, 0.2) is 18.2 Å². The van der Waals surface area contributed by atoms with Gasteiger partial charge in [0.05, 0.1) is 6.10 Å². The van der Waals surface area contributed by atoms with Crippen LogP contribution < -0.4 is 4.74 Å². The minimum Gasteiger partial charge on any atom is -0.487 e. The number of carboxylic acids is 1. The average Bonchev–Trinajstić information content (AvgIpc) is 2.32. The van der Waals surface area contributed by atoms with Gasteiger partial charge in [0.2, 0.25) is 0 Å². The first-order chi connectivity index (χ1) is 8.58. The Hall–Kier alpha value is -1.26. The van der Waals surface area contributed by atoms with Crippen LogP contribution in [0.2, 0.25) is 5.02 Å². The normalized spacial score (nSPS) is 23.7. The number of ether oxygens (including phenoxy) is 1. The Labute approximate surface area is 110 Å². The third-order valence-electron chi connectivity index (χ3n) is 3.12. The Kier molecular flexibility index (Phi) is 4.09. The number of hydrogen-bond donors (Lipinski definition) is 2. The molecule has 4 nitrogen and oxygen atoms in total. The van der Waals surface area contributed by atoms with E-state index in [9.17, 15) is 9.90 Å². The van der Waals surface area contributed by atoms with E-state index in [4.69, 9.17) is 21.4 Å². The molecule has 98 valence electrons. The lowest BCUT2D eigenvalue weighted by atomic mass is 9.95. The van der Waals surface area contributed by atoms with E-state index in [1.165, 1.54) is 18.2 Å². The van der Waals surface area contributed by atoms with Gasteiger partial charge in [-0.15, -0.1) is 0 Å². The van der Waals surface area contributed by atoms with Crippen LogP contribution in [0.4, 0.5) is 0 Å². The maximum Gasteiger partial charge on any atom is 0.339 e. The SMILES string of the molecule is O=C(O)c1ccc(Cl)cc1OC1CCCCC1O. The zero-order chi connectivity index (χ0) is 13.1. The van der Waals surface area contributed by atoms with E-state index in [2.05, 4.69) is 0 Å². The van der Waals surface area contributed by atoms with Gasteiger partial charge < -0.3 is 14.9 Å². The van der Waals surface area contributed by atoms with Gasteiger partial charge in [0.15, 0.2) is 0 Å². The Balaban J connectivity index is 2.21. The van der Waals surface area contributed by atoms with Crippen molar-refractivity contribution in [1.29, 1.82) is 0 Å². The van der Waals surface area contributed by atoms with Crippen LogP contribution in [-0.4, -0.2) is 28.4 Å². The van der Waals surface area contributed by atoms with Gasteiger partial charge in [0, 0.05) is 5.02 Å². The highest BCUT2D eigenvalue weighted by atomic mass is 35.5. The fourth-order valence-corrected chi connectivity index (χ4v) is 2.31. The van der Waals surface area contributed by atoms with E-state index in [1.807, 2.05) is 0 Å². The summed E-state index contributed by atoms with van der Waals surface area (Å²) in [5.41, 5.74) is 0.0668. The van der Waals surface area contributed by atoms with Crippen molar-refractivity contribution in [3.05, 3.63) is 28.8 Å². The summed E-state index contributed by atoms with van der Waals surface area (Å²) in [6, 6.07) is 4.40. The maximum absolute atomic E-state index is 11.1. The Morgan fingerprint density at radius 3 is 2.72 bits per heavy atom. The van der Waals surface area contributed by atoms with Crippen molar-refractivity contribution in [3.63, 3.8) is 0 Å². The topological polar surface area (TPSA) is 66.8 Å². The van der Waals surface area contributed by atoms with Crippen molar-refractivity contribution in [3.8, 4) is 5.75 Å². The molecule has 0 aromatic heterocycles. The first-order valence-electron chi connectivity index (χ1n) is 5.95. The van der Waals surface area contributed by atoms with Gasteiger partial charge in [-0.1, -0.05) is 18.0 Å². The van der Waals surface area contributed by atoms with E-state index >= 15 is 0 Å². The second-order valence-corrected chi connectivity index (χ2v) is 4.89. The number of carbonyl (C=O) groups is 1. The van der Waals surface area contributed by atoms with Crippen molar-refractivity contribution >= 4 is 17.6 Å². The number of carboxylic acid groups (broad SMARTS) is 1. The molecule has 1 aromatic carbocycles. The molecule has 1 aliphatic carbocycles. The van der Waals surface area contributed by atoms with Crippen LogP contribution in [0.1, 0.15) is 36.0 Å². The predicted molar refractivity (Wildman–Crippen MR) is 67.3 cm³/mol. The molecule has 1 fully saturated rings. The quantitative estimate of drug-likeness (QED) is 0.886. The largest absolute Gasteiger partial charge is 0.487 e. The summed E-state index contributed by atoms with van der Waals surface area (Å²) in [4.78, 5) is 11.1. The van der Waals surface area contributed by atoms with E-state index in [-0.39, 0.29) is 17.4 Å². The number of benzene rings is 1. The highest BCUT2D eigenvalue weighted by molar-refractivity contribution is 6.30. The molecule has 18 heavy (non-hydrogen) atoms. The number of aliphatic hydroxyl groups is 1. The molecule has 0 heterocycles. The molecule has 2 rings (SSSR count). The van der Waals surface area contributed by atoms with Crippen LogP contribution in [-0.2, 0) is 0 Å². The number of aromatic carboxylic acids is 1. The molecule has 1 saturated carbocycles. The molecule has 2 atom stereocenters. The second-order valence-electron chi connectivity index (χ2n) is 4.45.